The van der Waals surface area contributed by atoms with E-state index in [2.05, 4.69) is 5.32 Å². The Morgan fingerprint density at radius 2 is 2.23 bits per heavy atom. The Hall–Kier alpha value is -2.08. The average molecular weight is 304 g/mol. The van der Waals surface area contributed by atoms with Crippen LogP contribution in [0.3, 0.4) is 0 Å². The van der Waals surface area contributed by atoms with Gasteiger partial charge in [0.05, 0.1) is 11.8 Å². The zero-order chi connectivity index (χ0) is 15.5. The van der Waals surface area contributed by atoms with Crippen LogP contribution >= 0.6 is 0 Å². The summed E-state index contributed by atoms with van der Waals surface area (Å²) in [5.41, 5.74) is 0.637. The Labute approximate surface area is 129 Å². The van der Waals surface area contributed by atoms with E-state index in [0.717, 1.165) is 19.4 Å². The number of benzene rings is 1. The molecular weight excluding hydrogens is 284 g/mol. The van der Waals surface area contributed by atoms with E-state index in [4.69, 9.17) is 9.47 Å². The Bertz CT molecular complexity index is 569. The molecular formula is C16H20N2O4. The monoisotopic (exact) mass is 304 g/mol. The molecule has 1 saturated heterocycles. The second kappa shape index (κ2) is 6.36. The SMILES string of the molecule is C[C@H]1Oc2ccccc2N(CC(=O)NC[C@@H]2CCCO2)C1=O. The molecule has 2 aliphatic heterocycles. The number of amides is 2. The van der Waals surface area contributed by atoms with E-state index in [0.29, 0.717) is 18.0 Å². The minimum atomic E-state index is -0.583. The third-order valence-corrected chi connectivity index (χ3v) is 3.93. The molecule has 1 aromatic carbocycles. The molecule has 2 atom stereocenters. The van der Waals surface area contributed by atoms with Crippen molar-refractivity contribution in [1.29, 1.82) is 0 Å². The Kier molecular flexibility index (Phi) is 4.29. The average Bonchev–Trinajstić information content (AvgIpc) is 3.03. The predicted molar refractivity (Wildman–Crippen MR) is 80.9 cm³/mol. The highest BCUT2D eigenvalue weighted by atomic mass is 16.5. The van der Waals surface area contributed by atoms with Gasteiger partial charge in [-0.2, -0.15) is 0 Å². The number of fused-ring (bicyclic) bond motifs is 1. The van der Waals surface area contributed by atoms with Gasteiger partial charge in [0.15, 0.2) is 6.10 Å². The number of carbonyl (C=O) groups is 2. The van der Waals surface area contributed by atoms with Crippen molar-refractivity contribution >= 4 is 17.5 Å². The summed E-state index contributed by atoms with van der Waals surface area (Å²) < 4.78 is 11.0. The lowest BCUT2D eigenvalue weighted by atomic mass is 10.2. The minimum absolute atomic E-state index is 0.00370. The number of hydrogen-bond acceptors (Lipinski definition) is 4. The summed E-state index contributed by atoms with van der Waals surface area (Å²) >= 11 is 0. The van der Waals surface area contributed by atoms with Crippen molar-refractivity contribution < 1.29 is 19.1 Å². The number of hydrogen-bond donors (Lipinski definition) is 1. The summed E-state index contributed by atoms with van der Waals surface area (Å²) in [6.45, 7) is 2.94. The zero-order valence-corrected chi connectivity index (χ0v) is 12.6. The summed E-state index contributed by atoms with van der Waals surface area (Å²) in [6.07, 6.45) is 1.51. The fraction of sp³-hybridized carbons (Fsp3) is 0.500. The van der Waals surface area contributed by atoms with Crippen LogP contribution in [0.4, 0.5) is 5.69 Å². The predicted octanol–water partition coefficient (Wildman–Crippen LogP) is 1.10. The van der Waals surface area contributed by atoms with Crippen LogP contribution in [0.1, 0.15) is 19.8 Å². The van der Waals surface area contributed by atoms with Gasteiger partial charge in [-0.25, -0.2) is 0 Å². The fourth-order valence-electron chi connectivity index (χ4n) is 2.75. The number of ether oxygens (including phenoxy) is 2. The molecule has 0 bridgehead atoms. The van der Waals surface area contributed by atoms with Gasteiger partial charge in [0.1, 0.15) is 12.3 Å². The number of para-hydroxylation sites is 2. The van der Waals surface area contributed by atoms with Crippen LogP contribution in [0.2, 0.25) is 0 Å². The maximum atomic E-state index is 12.3. The summed E-state index contributed by atoms with van der Waals surface area (Å²) in [4.78, 5) is 25.9. The van der Waals surface area contributed by atoms with Gasteiger partial charge in [0.2, 0.25) is 5.91 Å². The van der Waals surface area contributed by atoms with E-state index in [1.54, 1.807) is 19.1 Å². The first-order valence-electron chi connectivity index (χ1n) is 7.60. The molecule has 118 valence electrons. The van der Waals surface area contributed by atoms with Crippen LogP contribution in [-0.4, -0.2) is 43.7 Å². The Morgan fingerprint density at radius 1 is 1.41 bits per heavy atom. The number of carbonyl (C=O) groups excluding carboxylic acids is 2. The molecule has 6 heteroatoms. The summed E-state index contributed by atoms with van der Waals surface area (Å²) in [7, 11) is 0. The Morgan fingerprint density at radius 3 is 3.00 bits per heavy atom. The molecule has 0 aliphatic carbocycles. The van der Waals surface area contributed by atoms with Crippen molar-refractivity contribution in [2.24, 2.45) is 0 Å². The first kappa shape index (κ1) is 14.8. The van der Waals surface area contributed by atoms with E-state index in [1.165, 1.54) is 4.90 Å². The van der Waals surface area contributed by atoms with Crippen LogP contribution in [0, 0.1) is 0 Å². The highest BCUT2D eigenvalue weighted by molar-refractivity contribution is 6.03. The van der Waals surface area contributed by atoms with Crippen LogP contribution in [-0.2, 0) is 14.3 Å². The molecule has 0 spiro atoms. The first-order valence-corrected chi connectivity index (χ1v) is 7.60. The van der Waals surface area contributed by atoms with E-state index in [1.807, 2.05) is 12.1 Å². The molecule has 0 radical (unpaired) electrons. The van der Waals surface area contributed by atoms with Gasteiger partial charge in [0, 0.05) is 13.2 Å². The van der Waals surface area contributed by atoms with Crippen molar-refractivity contribution in [1.82, 2.24) is 5.32 Å². The highest BCUT2D eigenvalue weighted by Crippen LogP contribution is 2.33. The molecule has 2 amide bonds. The van der Waals surface area contributed by atoms with E-state index in [9.17, 15) is 9.59 Å². The lowest BCUT2D eigenvalue weighted by molar-refractivity contribution is -0.128. The number of nitrogens with one attached hydrogen (secondary N) is 1. The number of rotatable bonds is 4. The van der Waals surface area contributed by atoms with E-state index < -0.39 is 6.10 Å². The van der Waals surface area contributed by atoms with Crippen LogP contribution in [0.25, 0.3) is 0 Å². The molecule has 1 aromatic rings. The van der Waals surface area contributed by atoms with Crippen molar-refractivity contribution in [3.8, 4) is 5.75 Å². The fourth-order valence-corrected chi connectivity index (χ4v) is 2.75. The molecule has 0 saturated carbocycles. The van der Waals surface area contributed by atoms with Crippen molar-refractivity contribution in [2.75, 3.05) is 24.6 Å². The molecule has 2 aliphatic rings. The summed E-state index contributed by atoms with van der Waals surface area (Å²) in [6, 6.07) is 7.25. The Balaban J connectivity index is 1.65. The van der Waals surface area contributed by atoms with Gasteiger partial charge in [0.25, 0.3) is 5.91 Å². The summed E-state index contributed by atoms with van der Waals surface area (Å²) in [5.74, 6) is 0.236. The second-order valence-electron chi connectivity index (χ2n) is 5.59. The standard InChI is InChI=1S/C16H20N2O4/c1-11-16(20)18(13-6-2-3-7-14(13)22-11)10-15(19)17-9-12-5-4-8-21-12/h2-3,6-7,11-12H,4-5,8-10H2,1H3,(H,17,19)/t11-,12+/m1/s1. The van der Waals surface area contributed by atoms with Crippen LogP contribution < -0.4 is 15.0 Å². The lowest BCUT2D eigenvalue weighted by Gasteiger charge is -2.32. The highest BCUT2D eigenvalue weighted by Gasteiger charge is 2.32. The largest absolute Gasteiger partial charge is 0.479 e. The van der Waals surface area contributed by atoms with Crippen molar-refractivity contribution in [3.63, 3.8) is 0 Å². The van der Waals surface area contributed by atoms with Crippen molar-refractivity contribution in [3.05, 3.63) is 24.3 Å². The van der Waals surface area contributed by atoms with Gasteiger partial charge in [-0.15, -0.1) is 0 Å². The smallest absolute Gasteiger partial charge is 0.268 e. The topological polar surface area (TPSA) is 67.9 Å². The molecule has 1 fully saturated rings. The number of nitrogens with zero attached hydrogens (tertiary/aromatic N) is 1. The van der Waals surface area contributed by atoms with Crippen LogP contribution in [0.5, 0.6) is 5.75 Å². The van der Waals surface area contributed by atoms with E-state index in [-0.39, 0.29) is 24.5 Å². The molecule has 0 aromatic heterocycles. The van der Waals surface area contributed by atoms with Gasteiger partial charge in [-0.1, -0.05) is 12.1 Å². The number of anilines is 1. The van der Waals surface area contributed by atoms with Gasteiger partial charge in [-0.3, -0.25) is 14.5 Å². The molecule has 22 heavy (non-hydrogen) atoms. The summed E-state index contributed by atoms with van der Waals surface area (Å²) in [5, 5.41) is 2.84. The van der Waals surface area contributed by atoms with Gasteiger partial charge >= 0.3 is 0 Å². The van der Waals surface area contributed by atoms with Gasteiger partial charge < -0.3 is 14.8 Å². The van der Waals surface area contributed by atoms with Crippen molar-refractivity contribution in [2.45, 2.75) is 32.0 Å². The first-order chi connectivity index (χ1) is 10.6. The lowest BCUT2D eigenvalue weighted by Crippen LogP contribution is -2.49. The third kappa shape index (κ3) is 3.06. The molecule has 2 heterocycles. The normalized spacial score (nSPS) is 23.9. The third-order valence-electron chi connectivity index (χ3n) is 3.93. The minimum Gasteiger partial charge on any atom is -0.479 e. The second-order valence-corrected chi connectivity index (χ2v) is 5.59. The van der Waals surface area contributed by atoms with Gasteiger partial charge in [-0.05, 0) is 31.9 Å². The molecule has 6 nitrogen and oxygen atoms in total. The van der Waals surface area contributed by atoms with Crippen LogP contribution in [0.15, 0.2) is 24.3 Å². The van der Waals surface area contributed by atoms with E-state index >= 15 is 0 Å². The maximum absolute atomic E-state index is 12.3. The molecule has 0 unspecified atom stereocenters. The molecule has 3 rings (SSSR count). The molecule has 1 N–H and O–H groups in total. The zero-order valence-electron chi connectivity index (χ0n) is 12.6. The maximum Gasteiger partial charge on any atom is 0.268 e. The quantitative estimate of drug-likeness (QED) is 0.904.